The minimum absolute atomic E-state index is 0.00927. The molecule has 3 rings (SSSR count). The quantitative estimate of drug-likeness (QED) is 0.756. The zero-order valence-electron chi connectivity index (χ0n) is 13.4. The third-order valence-corrected chi connectivity index (χ3v) is 4.20. The van der Waals surface area contributed by atoms with Crippen molar-refractivity contribution in [2.75, 3.05) is 19.8 Å². The number of ether oxygens (including phenoxy) is 2. The average molecular weight is 363 g/mol. The Morgan fingerprint density at radius 2 is 1.92 bits per heavy atom. The topological polar surface area (TPSA) is 93.8 Å². The highest BCUT2D eigenvalue weighted by Gasteiger charge is 2.21. The van der Waals surface area contributed by atoms with Gasteiger partial charge in [0.25, 0.3) is 0 Å². The number of fused-ring (bicyclic) bond motifs is 1. The van der Waals surface area contributed by atoms with Crippen LogP contribution < -0.4 is 20.5 Å². The van der Waals surface area contributed by atoms with Gasteiger partial charge in [-0.15, -0.1) is 0 Å². The number of carbonyl (C=O) groups is 1. The molecule has 2 aromatic rings. The first-order valence-electron chi connectivity index (χ1n) is 7.91. The summed E-state index contributed by atoms with van der Waals surface area (Å²) in [5.41, 5.74) is 7.16. The molecule has 2 unspecified atom stereocenters. The summed E-state index contributed by atoms with van der Waals surface area (Å²) >= 11 is 6.16. The van der Waals surface area contributed by atoms with E-state index in [9.17, 15) is 9.90 Å². The summed E-state index contributed by atoms with van der Waals surface area (Å²) in [6.07, 6.45) is -0.944. The summed E-state index contributed by atoms with van der Waals surface area (Å²) in [7, 11) is 0. The van der Waals surface area contributed by atoms with Crippen LogP contribution in [0.25, 0.3) is 0 Å². The van der Waals surface area contributed by atoms with Crippen LogP contribution in [0.4, 0.5) is 0 Å². The van der Waals surface area contributed by atoms with E-state index in [1.165, 1.54) is 0 Å². The van der Waals surface area contributed by atoms with Crippen LogP contribution in [0.15, 0.2) is 42.5 Å². The Bertz CT molecular complexity index is 754. The zero-order valence-corrected chi connectivity index (χ0v) is 14.2. The molecule has 2 aromatic carbocycles. The fourth-order valence-electron chi connectivity index (χ4n) is 2.56. The molecular formula is C18H19ClN2O4. The Hall–Kier alpha value is -2.28. The molecular weight excluding hydrogens is 344 g/mol. The van der Waals surface area contributed by atoms with Gasteiger partial charge in [-0.2, -0.15) is 0 Å². The van der Waals surface area contributed by atoms with Gasteiger partial charge in [-0.3, -0.25) is 4.79 Å². The Morgan fingerprint density at radius 3 is 2.68 bits per heavy atom. The van der Waals surface area contributed by atoms with E-state index in [0.29, 0.717) is 40.9 Å². The summed E-state index contributed by atoms with van der Waals surface area (Å²) < 4.78 is 10.9. The van der Waals surface area contributed by atoms with Crippen LogP contribution in [0.3, 0.4) is 0 Å². The molecule has 1 aliphatic rings. The standard InChI is InChI=1S/C18H19ClN2O4/c19-13-8-12(9-15-17(13)25-7-6-24-15)14(22)10-21-18(23)16(20)11-4-2-1-3-5-11/h1-5,8-9,14,16,22H,6-7,10,20H2,(H,21,23). The number of halogens is 1. The maximum atomic E-state index is 12.2. The van der Waals surface area contributed by atoms with Crippen LogP contribution in [-0.4, -0.2) is 30.8 Å². The van der Waals surface area contributed by atoms with Crippen molar-refractivity contribution in [3.63, 3.8) is 0 Å². The molecule has 1 heterocycles. The molecule has 1 aliphatic heterocycles. The molecule has 0 bridgehead atoms. The number of aliphatic hydroxyl groups excluding tert-OH is 1. The lowest BCUT2D eigenvalue weighted by molar-refractivity contribution is -0.122. The number of aliphatic hydroxyl groups is 1. The number of nitrogens with two attached hydrogens (primary N) is 1. The van der Waals surface area contributed by atoms with E-state index in [-0.39, 0.29) is 12.5 Å². The van der Waals surface area contributed by atoms with Crippen LogP contribution in [0.2, 0.25) is 5.02 Å². The molecule has 6 nitrogen and oxygen atoms in total. The van der Waals surface area contributed by atoms with Crippen molar-refractivity contribution in [1.82, 2.24) is 5.32 Å². The summed E-state index contributed by atoms with van der Waals surface area (Å²) in [5.74, 6) is 0.591. The van der Waals surface area contributed by atoms with Crippen molar-refractivity contribution in [2.24, 2.45) is 5.73 Å². The molecule has 0 aliphatic carbocycles. The van der Waals surface area contributed by atoms with Gasteiger partial charge in [-0.25, -0.2) is 0 Å². The molecule has 2 atom stereocenters. The van der Waals surface area contributed by atoms with E-state index < -0.39 is 12.1 Å². The van der Waals surface area contributed by atoms with E-state index in [4.69, 9.17) is 26.8 Å². The van der Waals surface area contributed by atoms with E-state index in [2.05, 4.69) is 5.32 Å². The Morgan fingerprint density at radius 1 is 1.20 bits per heavy atom. The highest BCUT2D eigenvalue weighted by molar-refractivity contribution is 6.32. The van der Waals surface area contributed by atoms with E-state index in [0.717, 1.165) is 0 Å². The van der Waals surface area contributed by atoms with Crippen LogP contribution in [0.5, 0.6) is 11.5 Å². The normalized spacial score (nSPS) is 15.3. The SMILES string of the molecule is NC(C(=O)NCC(O)c1cc(Cl)c2c(c1)OCCO2)c1ccccc1. The summed E-state index contributed by atoms with van der Waals surface area (Å²) in [5, 5.41) is 13.3. The number of nitrogens with one attached hydrogen (secondary N) is 1. The molecule has 0 saturated carbocycles. The van der Waals surface area contributed by atoms with Crippen LogP contribution in [0, 0.1) is 0 Å². The van der Waals surface area contributed by atoms with Gasteiger partial charge in [0.05, 0.1) is 11.1 Å². The van der Waals surface area contributed by atoms with Gasteiger partial charge >= 0.3 is 0 Å². The van der Waals surface area contributed by atoms with Crippen molar-refractivity contribution in [1.29, 1.82) is 0 Å². The largest absolute Gasteiger partial charge is 0.486 e. The number of benzene rings is 2. The monoisotopic (exact) mass is 362 g/mol. The number of rotatable bonds is 5. The molecule has 0 saturated heterocycles. The van der Waals surface area contributed by atoms with Gasteiger partial charge in [-0.1, -0.05) is 41.9 Å². The minimum atomic E-state index is -0.944. The lowest BCUT2D eigenvalue weighted by Crippen LogP contribution is -2.36. The number of hydrogen-bond donors (Lipinski definition) is 3. The third kappa shape index (κ3) is 4.04. The molecule has 1 amide bonds. The molecule has 0 aromatic heterocycles. The molecule has 132 valence electrons. The Kier molecular flexibility index (Phi) is 5.43. The number of carbonyl (C=O) groups excluding carboxylic acids is 1. The smallest absolute Gasteiger partial charge is 0.241 e. The molecule has 0 spiro atoms. The third-order valence-electron chi connectivity index (χ3n) is 3.91. The van der Waals surface area contributed by atoms with Crippen molar-refractivity contribution in [3.8, 4) is 11.5 Å². The Labute approximate surface area is 150 Å². The maximum Gasteiger partial charge on any atom is 0.241 e. The second-order valence-corrected chi connectivity index (χ2v) is 6.08. The van der Waals surface area contributed by atoms with Crippen molar-refractivity contribution < 1.29 is 19.4 Å². The predicted octanol–water partition coefficient (Wildman–Crippen LogP) is 1.96. The highest BCUT2D eigenvalue weighted by atomic mass is 35.5. The van der Waals surface area contributed by atoms with Crippen LogP contribution >= 0.6 is 11.6 Å². The van der Waals surface area contributed by atoms with Gasteiger partial charge in [0.1, 0.15) is 19.3 Å². The van der Waals surface area contributed by atoms with Gasteiger partial charge in [-0.05, 0) is 23.3 Å². The minimum Gasteiger partial charge on any atom is -0.486 e. The fraction of sp³-hybridized carbons (Fsp3) is 0.278. The lowest BCUT2D eigenvalue weighted by Gasteiger charge is -2.22. The molecule has 7 heteroatoms. The fourth-order valence-corrected chi connectivity index (χ4v) is 2.83. The van der Waals surface area contributed by atoms with Crippen molar-refractivity contribution in [3.05, 3.63) is 58.6 Å². The molecule has 0 fully saturated rings. The van der Waals surface area contributed by atoms with E-state index >= 15 is 0 Å². The van der Waals surface area contributed by atoms with Crippen molar-refractivity contribution >= 4 is 17.5 Å². The highest BCUT2D eigenvalue weighted by Crippen LogP contribution is 2.39. The van der Waals surface area contributed by atoms with Crippen LogP contribution in [0.1, 0.15) is 23.3 Å². The summed E-state index contributed by atoms with van der Waals surface area (Å²) in [4.78, 5) is 12.2. The van der Waals surface area contributed by atoms with Gasteiger partial charge in [0, 0.05) is 6.54 Å². The first kappa shape index (κ1) is 17.5. The zero-order chi connectivity index (χ0) is 17.8. The number of amides is 1. The lowest BCUT2D eigenvalue weighted by atomic mass is 10.1. The number of hydrogen-bond acceptors (Lipinski definition) is 5. The van der Waals surface area contributed by atoms with Gasteiger partial charge < -0.3 is 25.6 Å². The first-order valence-corrected chi connectivity index (χ1v) is 8.29. The maximum absolute atomic E-state index is 12.2. The van der Waals surface area contributed by atoms with Crippen molar-refractivity contribution in [2.45, 2.75) is 12.1 Å². The summed E-state index contributed by atoms with van der Waals surface area (Å²) in [6.45, 7) is 0.864. The van der Waals surface area contributed by atoms with Crippen LogP contribution in [-0.2, 0) is 4.79 Å². The molecule has 0 radical (unpaired) electrons. The molecule has 25 heavy (non-hydrogen) atoms. The van der Waals surface area contributed by atoms with E-state index in [1.54, 1.807) is 24.3 Å². The first-order chi connectivity index (χ1) is 12.1. The predicted molar refractivity (Wildman–Crippen MR) is 93.8 cm³/mol. The molecule has 4 N–H and O–H groups in total. The van der Waals surface area contributed by atoms with Gasteiger partial charge in [0.2, 0.25) is 5.91 Å². The second kappa shape index (κ2) is 7.74. The summed E-state index contributed by atoms with van der Waals surface area (Å²) in [6, 6.07) is 11.5. The average Bonchev–Trinajstić information content (AvgIpc) is 2.65. The van der Waals surface area contributed by atoms with E-state index in [1.807, 2.05) is 18.2 Å². The Balaban J connectivity index is 1.63. The second-order valence-electron chi connectivity index (χ2n) is 5.68. The van der Waals surface area contributed by atoms with Gasteiger partial charge in [0.15, 0.2) is 11.5 Å².